The van der Waals surface area contributed by atoms with Crippen LogP contribution in [-0.2, 0) is 0 Å². The molecule has 0 aliphatic heterocycles. The standard InChI is InChI=1S/C8H5ClF2N2/c9-4-1-5(8(10)11)7-6(2-4)12-3-13-7/h1-3,8H,(H,12,13). The number of aromatic nitrogens is 2. The van der Waals surface area contributed by atoms with Gasteiger partial charge in [0, 0.05) is 10.6 Å². The van der Waals surface area contributed by atoms with Gasteiger partial charge in [0.25, 0.3) is 6.43 Å². The number of alkyl halides is 2. The van der Waals surface area contributed by atoms with Crippen molar-refractivity contribution in [2.45, 2.75) is 6.43 Å². The maximum Gasteiger partial charge on any atom is 0.266 e. The number of H-pyrrole nitrogens is 1. The van der Waals surface area contributed by atoms with Gasteiger partial charge in [-0.3, -0.25) is 0 Å². The molecule has 0 aliphatic rings. The molecule has 68 valence electrons. The number of benzene rings is 1. The van der Waals surface area contributed by atoms with Crippen molar-refractivity contribution in [3.8, 4) is 0 Å². The normalized spacial score (nSPS) is 11.4. The second kappa shape index (κ2) is 2.96. The topological polar surface area (TPSA) is 28.7 Å². The second-order valence-electron chi connectivity index (χ2n) is 2.59. The van der Waals surface area contributed by atoms with E-state index in [9.17, 15) is 8.78 Å². The second-order valence-corrected chi connectivity index (χ2v) is 3.03. The molecule has 0 spiro atoms. The molecule has 1 aromatic carbocycles. The van der Waals surface area contributed by atoms with Crippen molar-refractivity contribution in [1.82, 2.24) is 9.97 Å². The molecule has 0 unspecified atom stereocenters. The highest BCUT2D eigenvalue weighted by molar-refractivity contribution is 6.31. The molecular formula is C8H5ClF2N2. The molecule has 0 bridgehead atoms. The quantitative estimate of drug-likeness (QED) is 0.756. The highest BCUT2D eigenvalue weighted by atomic mass is 35.5. The third-order valence-corrected chi connectivity index (χ3v) is 1.97. The van der Waals surface area contributed by atoms with E-state index in [0.29, 0.717) is 5.52 Å². The smallest absolute Gasteiger partial charge is 0.266 e. The Kier molecular flexibility index (Phi) is 1.92. The molecule has 0 radical (unpaired) electrons. The Bertz CT molecular complexity index is 439. The van der Waals surface area contributed by atoms with Crippen molar-refractivity contribution in [1.29, 1.82) is 0 Å². The maximum atomic E-state index is 12.4. The average molecular weight is 203 g/mol. The molecule has 1 heterocycles. The van der Waals surface area contributed by atoms with Crippen LogP contribution in [0.4, 0.5) is 8.78 Å². The van der Waals surface area contributed by atoms with Crippen LogP contribution >= 0.6 is 11.6 Å². The molecular weight excluding hydrogens is 198 g/mol. The summed E-state index contributed by atoms with van der Waals surface area (Å²) in [5.74, 6) is 0. The molecule has 13 heavy (non-hydrogen) atoms. The van der Waals surface area contributed by atoms with Crippen LogP contribution in [0.1, 0.15) is 12.0 Å². The Balaban J connectivity index is 2.77. The number of aromatic amines is 1. The largest absolute Gasteiger partial charge is 0.345 e. The number of nitrogens with one attached hydrogen (secondary N) is 1. The predicted octanol–water partition coefficient (Wildman–Crippen LogP) is 3.15. The lowest BCUT2D eigenvalue weighted by molar-refractivity contribution is 0.153. The van der Waals surface area contributed by atoms with Crippen LogP contribution < -0.4 is 0 Å². The Hall–Kier alpha value is -1.16. The van der Waals surface area contributed by atoms with Crippen LogP contribution in [0.25, 0.3) is 11.0 Å². The lowest BCUT2D eigenvalue weighted by atomic mass is 10.2. The minimum absolute atomic E-state index is 0.135. The van der Waals surface area contributed by atoms with Crippen molar-refractivity contribution in [2.75, 3.05) is 0 Å². The van der Waals surface area contributed by atoms with Crippen LogP contribution in [0.15, 0.2) is 18.5 Å². The molecule has 2 aromatic rings. The fraction of sp³-hybridized carbons (Fsp3) is 0.125. The fourth-order valence-electron chi connectivity index (χ4n) is 1.21. The van der Waals surface area contributed by atoms with E-state index in [1.165, 1.54) is 12.4 Å². The third kappa shape index (κ3) is 1.37. The monoisotopic (exact) mass is 202 g/mol. The Morgan fingerprint density at radius 2 is 2.15 bits per heavy atom. The van der Waals surface area contributed by atoms with Gasteiger partial charge in [0.2, 0.25) is 0 Å². The first-order valence-corrected chi connectivity index (χ1v) is 3.97. The number of rotatable bonds is 1. The summed E-state index contributed by atoms with van der Waals surface area (Å²) < 4.78 is 24.9. The first kappa shape index (κ1) is 8.44. The fourth-order valence-corrected chi connectivity index (χ4v) is 1.43. The molecule has 1 aromatic heterocycles. The number of hydrogen-bond acceptors (Lipinski definition) is 1. The minimum Gasteiger partial charge on any atom is -0.345 e. The van der Waals surface area contributed by atoms with E-state index < -0.39 is 6.43 Å². The lowest BCUT2D eigenvalue weighted by Crippen LogP contribution is -1.86. The van der Waals surface area contributed by atoms with Gasteiger partial charge in [-0.1, -0.05) is 11.6 Å². The van der Waals surface area contributed by atoms with E-state index in [2.05, 4.69) is 9.97 Å². The molecule has 0 amide bonds. The number of nitrogens with zero attached hydrogens (tertiary/aromatic N) is 1. The molecule has 0 saturated heterocycles. The average Bonchev–Trinajstić information content (AvgIpc) is 2.49. The highest BCUT2D eigenvalue weighted by Crippen LogP contribution is 2.28. The molecule has 0 aliphatic carbocycles. The molecule has 1 N–H and O–H groups in total. The summed E-state index contributed by atoms with van der Waals surface area (Å²) >= 11 is 5.64. The van der Waals surface area contributed by atoms with Gasteiger partial charge in [-0.2, -0.15) is 0 Å². The van der Waals surface area contributed by atoms with E-state index in [0.717, 1.165) is 0 Å². The summed E-state index contributed by atoms with van der Waals surface area (Å²) in [5, 5.41) is 0.284. The van der Waals surface area contributed by atoms with Gasteiger partial charge in [0.15, 0.2) is 0 Å². The van der Waals surface area contributed by atoms with E-state index in [1.807, 2.05) is 0 Å². The van der Waals surface area contributed by atoms with E-state index in [1.54, 1.807) is 6.07 Å². The van der Waals surface area contributed by atoms with Crippen molar-refractivity contribution >= 4 is 22.6 Å². The molecule has 0 fully saturated rings. The zero-order valence-corrected chi connectivity index (χ0v) is 7.15. The summed E-state index contributed by atoms with van der Waals surface area (Å²) in [6, 6.07) is 2.80. The zero-order valence-electron chi connectivity index (χ0n) is 6.39. The van der Waals surface area contributed by atoms with E-state index in [-0.39, 0.29) is 16.1 Å². The van der Waals surface area contributed by atoms with Gasteiger partial charge >= 0.3 is 0 Å². The Morgan fingerprint density at radius 3 is 2.85 bits per heavy atom. The molecule has 0 saturated carbocycles. The number of fused-ring (bicyclic) bond motifs is 1. The summed E-state index contributed by atoms with van der Waals surface area (Å²) in [6.45, 7) is 0. The highest BCUT2D eigenvalue weighted by Gasteiger charge is 2.14. The van der Waals surface area contributed by atoms with Crippen molar-refractivity contribution in [3.05, 3.63) is 29.0 Å². The zero-order chi connectivity index (χ0) is 9.42. The maximum absolute atomic E-state index is 12.4. The van der Waals surface area contributed by atoms with Crippen LogP contribution in [-0.4, -0.2) is 9.97 Å². The molecule has 2 rings (SSSR count). The van der Waals surface area contributed by atoms with Crippen molar-refractivity contribution in [2.24, 2.45) is 0 Å². The van der Waals surface area contributed by atoms with Crippen molar-refractivity contribution < 1.29 is 8.78 Å². The third-order valence-electron chi connectivity index (χ3n) is 1.75. The summed E-state index contributed by atoms with van der Waals surface area (Å²) in [6.07, 6.45) is -1.18. The number of halogens is 3. The van der Waals surface area contributed by atoms with Crippen LogP contribution in [0.5, 0.6) is 0 Å². The van der Waals surface area contributed by atoms with Crippen molar-refractivity contribution in [3.63, 3.8) is 0 Å². The molecule has 5 heteroatoms. The van der Waals surface area contributed by atoms with E-state index in [4.69, 9.17) is 11.6 Å². The number of imidazole rings is 1. The summed E-state index contributed by atoms with van der Waals surface area (Å²) in [5.41, 5.74) is 0.672. The molecule has 2 nitrogen and oxygen atoms in total. The summed E-state index contributed by atoms with van der Waals surface area (Å²) in [7, 11) is 0. The minimum atomic E-state index is -2.55. The van der Waals surface area contributed by atoms with Gasteiger partial charge in [0.1, 0.15) is 0 Å². The van der Waals surface area contributed by atoms with Crippen LogP contribution in [0.3, 0.4) is 0 Å². The lowest BCUT2D eigenvalue weighted by Gasteiger charge is -2.00. The van der Waals surface area contributed by atoms with Crippen LogP contribution in [0, 0.1) is 0 Å². The first-order valence-electron chi connectivity index (χ1n) is 3.59. The Labute approximate surface area is 77.5 Å². The van der Waals surface area contributed by atoms with Gasteiger partial charge in [0.05, 0.1) is 17.4 Å². The predicted molar refractivity (Wildman–Crippen MR) is 46.1 cm³/mol. The van der Waals surface area contributed by atoms with Gasteiger partial charge in [-0.15, -0.1) is 0 Å². The first-order chi connectivity index (χ1) is 6.18. The SMILES string of the molecule is FC(F)c1cc(Cl)cc2[nH]cnc12. The molecule has 0 atom stereocenters. The summed E-state index contributed by atoms with van der Waals surface area (Å²) in [4.78, 5) is 6.51. The van der Waals surface area contributed by atoms with Gasteiger partial charge < -0.3 is 4.98 Å². The van der Waals surface area contributed by atoms with E-state index >= 15 is 0 Å². The van der Waals surface area contributed by atoms with Gasteiger partial charge in [-0.05, 0) is 12.1 Å². The number of hydrogen-bond donors (Lipinski definition) is 1. The van der Waals surface area contributed by atoms with Gasteiger partial charge in [-0.25, -0.2) is 13.8 Å². The van der Waals surface area contributed by atoms with Crippen LogP contribution in [0.2, 0.25) is 5.02 Å². The Morgan fingerprint density at radius 1 is 1.38 bits per heavy atom.